The number of hydrogen-bond donors (Lipinski definition) is 1. The molecule has 2 saturated heterocycles. The maximum atomic E-state index is 13.5. The molecule has 2 aliphatic heterocycles. The largest absolute Gasteiger partial charge is 0.391 e. The minimum absolute atomic E-state index is 0.145. The van der Waals surface area contributed by atoms with Gasteiger partial charge < -0.3 is 19.6 Å². The van der Waals surface area contributed by atoms with Gasteiger partial charge in [-0.2, -0.15) is 4.52 Å². The molecule has 6 rings (SSSR count). The zero-order chi connectivity index (χ0) is 26.2. The van der Waals surface area contributed by atoms with E-state index < -0.39 is 0 Å². The van der Waals surface area contributed by atoms with Crippen LogP contribution in [0.25, 0.3) is 16.9 Å². The zero-order valence-corrected chi connectivity index (χ0v) is 22.5. The number of benzene rings is 1. The van der Waals surface area contributed by atoms with Crippen molar-refractivity contribution in [3.63, 3.8) is 0 Å². The van der Waals surface area contributed by atoms with E-state index in [1.807, 2.05) is 22.5 Å². The van der Waals surface area contributed by atoms with Crippen LogP contribution in [0.3, 0.4) is 0 Å². The Labute approximate surface area is 225 Å². The normalized spacial score (nSPS) is 18.5. The van der Waals surface area contributed by atoms with Gasteiger partial charge in [0.15, 0.2) is 16.6 Å². The van der Waals surface area contributed by atoms with Crippen LogP contribution in [-0.2, 0) is 17.8 Å². The van der Waals surface area contributed by atoms with Crippen LogP contribution >= 0.6 is 11.3 Å². The number of aliphatic hydroxyl groups excluding tert-OH is 1. The minimum atomic E-state index is -0.304. The van der Waals surface area contributed by atoms with Crippen molar-refractivity contribution in [3.05, 3.63) is 52.8 Å². The van der Waals surface area contributed by atoms with E-state index in [-0.39, 0.29) is 12.4 Å². The van der Waals surface area contributed by atoms with Crippen molar-refractivity contribution in [2.24, 2.45) is 0 Å². The maximum absolute atomic E-state index is 13.5. The molecular weight excluding hydrogens is 505 g/mol. The number of aromatic nitrogens is 4. The lowest BCUT2D eigenvalue weighted by atomic mass is 10.1. The summed E-state index contributed by atoms with van der Waals surface area (Å²) in [5.74, 6) is 1.49. The number of hydrogen-bond acceptors (Lipinski definition) is 9. The fraction of sp³-hybridized carbons (Fsp3) is 0.444. The van der Waals surface area contributed by atoms with Crippen molar-refractivity contribution in [3.8, 4) is 11.3 Å². The first-order valence-corrected chi connectivity index (χ1v) is 13.9. The molecule has 3 aromatic heterocycles. The summed E-state index contributed by atoms with van der Waals surface area (Å²) in [6.07, 6.45) is 1.86. The summed E-state index contributed by atoms with van der Waals surface area (Å²) in [4.78, 5) is 17.3. The van der Waals surface area contributed by atoms with Gasteiger partial charge in [0.05, 0.1) is 36.1 Å². The van der Waals surface area contributed by atoms with Crippen LogP contribution in [0.1, 0.15) is 23.9 Å². The number of fused-ring (bicyclic) bond motifs is 1. The van der Waals surface area contributed by atoms with Crippen molar-refractivity contribution < 1.29 is 14.2 Å². The molecule has 1 atom stereocenters. The standard InChI is InChI=1S/C27H32FN7O2S/c1-3-21-26(32(2)27-30-25(22(17-36)38-27)18-4-6-19(28)7-5-18)35-23(29-21)8-9-24(31-35)34-11-10-20(16-34)33-12-14-37-15-13-33/h4-9,20,36H,3,10-17H2,1-2H3. The highest BCUT2D eigenvalue weighted by molar-refractivity contribution is 7.16. The molecule has 4 aromatic rings. The van der Waals surface area contributed by atoms with Crippen LogP contribution in [0.4, 0.5) is 21.2 Å². The second-order valence-electron chi connectivity index (χ2n) is 9.73. The number of aryl methyl sites for hydroxylation is 1. The Morgan fingerprint density at radius 1 is 1.11 bits per heavy atom. The van der Waals surface area contributed by atoms with Gasteiger partial charge in [-0.3, -0.25) is 4.90 Å². The quantitative estimate of drug-likeness (QED) is 0.382. The first kappa shape index (κ1) is 25.2. The van der Waals surface area contributed by atoms with E-state index in [9.17, 15) is 9.50 Å². The molecule has 200 valence electrons. The Bertz CT molecular complexity index is 1420. The second kappa shape index (κ2) is 10.6. The highest BCUT2D eigenvalue weighted by Crippen LogP contribution is 2.37. The molecule has 1 aromatic carbocycles. The predicted molar refractivity (Wildman–Crippen MR) is 147 cm³/mol. The molecule has 0 radical (unpaired) electrons. The van der Waals surface area contributed by atoms with Crippen LogP contribution in [-0.4, -0.2) is 82.1 Å². The predicted octanol–water partition coefficient (Wildman–Crippen LogP) is 3.73. The van der Waals surface area contributed by atoms with E-state index in [4.69, 9.17) is 19.8 Å². The highest BCUT2D eigenvalue weighted by atomic mass is 32.1. The summed E-state index contributed by atoms with van der Waals surface area (Å²) in [6.45, 7) is 7.45. The third-order valence-electron chi connectivity index (χ3n) is 7.45. The summed E-state index contributed by atoms with van der Waals surface area (Å²) in [5, 5.41) is 15.8. The topological polar surface area (TPSA) is 82.3 Å². The van der Waals surface area contributed by atoms with Crippen LogP contribution < -0.4 is 9.80 Å². The Balaban J connectivity index is 1.32. The van der Waals surface area contributed by atoms with E-state index in [2.05, 4.69) is 22.8 Å². The maximum Gasteiger partial charge on any atom is 0.191 e. The van der Waals surface area contributed by atoms with Crippen LogP contribution in [0.5, 0.6) is 0 Å². The Kier molecular flexibility index (Phi) is 7.00. The van der Waals surface area contributed by atoms with E-state index in [0.29, 0.717) is 16.9 Å². The smallest absolute Gasteiger partial charge is 0.191 e. The Morgan fingerprint density at radius 2 is 1.89 bits per heavy atom. The van der Waals surface area contributed by atoms with Crippen LogP contribution in [0.2, 0.25) is 0 Å². The molecule has 0 aliphatic carbocycles. The molecule has 9 nitrogen and oxygen atoms in total. The van der Waals surface area contributed by atoms with Crippen molar-refractivity contribution in [1.29, 1.82) is 0 Å². The lowest BCUT2D eigenvalue weighted by Crippen LogP contribution is -2.44. The number of rotatable bonds is 7. The van der Waals surface area contributed by atoms with E-state index >= 15 is 0 Å². The summed E-state index contributed by atoms with van der Waals surface area (Å²) < 4.78 is 20.9. The molecule has 1 unspecified atom stereocenters. The number of imidazole rings is 1. The molecule has 38 heavy (non-hydrogen) atoms. The van der Waals surface area contributed by atoms with Gasteiger partial charge in [-0.25, -0.2) is 14.4 Å². The van der Waals surface area contributed by atoms with Gasteiger partial charge in [0.1, 0.15) is 11.6 Å². The van der Waals surface area contributed by atoms with Crippen molar-refractivity contribution in [2.75, 3.05) is 56.2 Å². The molecule has 2 aliphatic rings. The van der Waals surface area contributed by atoms with Gasteiger partial charge in [-0.15, -0.1) is 5.10 Å². The number of anilines is 3. The average molecular weight is 538 g/mol. The van der Waals surface area contributed by atoms with Crippen molar-refractivity contribution >= 4 is 33.8 Å². The fourth-order valence-corrected chi connectivity index (χ4v) is 6.31. The zero-order valence-electron chi connectivity index (χ0n) is 21.7. The fourth-order valence-electron chi connectivity index (χ4n) is 5.40. The second-order valence-corrected chi connectivity index (χ2v) is 10.8. The molecule has 0 bridgehead atoms. The van der Waals surface area contributed by atoms with Gasteiger partial charge in [-0.1, -0.05) is 18.3 Å². The molecule has 2 fully saturated rings. The molecule has 1 N–H and O–H groups in total. The summed E-state index contributed by atoms with van der Waals surface area (Å²) >= 11 is 1.41. The number of aliphatic hydroxyl groups is 1. The summed E-state index contributed by atoms with van der Waals surface area (Å²) in [7, 11) is 1.95. The third-order valence-corrected chi connectivity index (χ3v) is 8.56. The molecular formula is C27H32FN7O2S. The number of nitrogens with zero attached hydrogens (tertiary/aromatic N) is 7. The average Bonchev–Trinajstić information content (AvgIpc) is 3.70. The first-order valence-electron chi connectivity index (χ1n) is 13.1. The molecule has 5 heterocycles. The molecule has 0 amide bonds. The lowest BCUT2D eigenvalue weighted by molar-refractivity contribution is 0.0209. The number of ether oxygens (including phenoxy) is 1. The lowest BCUT2D eigenvalue weighted by Gasteiger charge is -2.32. The van der Waals surface area contributed by atoms with Crippen LogP contribution in [0.15, 0.2) is 36.4 Å². The minimum Gasteiger partial charge on any atom is -0.391 e. The van der Waals surface area contributed by atoms with Gasteiger partial charge in [0.25, 0.3) is 0 Å². The van der Waals surface area contributed by atoms with Crippen molar-refractivity contribution in [2.45, 2.75) is 32.4 Å². The van der Waals surface area contributed by atoms with Gasteiger partial charge >= 0.3 is 0 Å². The van der Waals surface area contributed by atoms with Gasteiger partial charge in [0, 0.05) is 44.8 Å². The molecule has 0 spiro atoms. The number of thiazole rings is 1. The molecule has 0 saturated carbocycles. The third kappa shape index (κ3) is 4.64. The SMILES string of the molecule is CCc1nc2ccc(N3CCC(N4CCOCC4)C3)nn2c1N(C)c1nc(-c2ccc(F)cc2)c(CO)s1. The van der Waals surface area contributed by atoms with E-state index in [1.165, 1.54) is 23.5 Å². The van der Waals surface area contributed by atoms with Crippen LogP contribution in [0, 0.1) is 5.82 Å². The first-order chi connectivity index (χ1) is 18.6. The summed E-state index contributed by atoms with van der Waals surface area (Å²) in [6, 6.07) is 10.8. The Morgan fingerprint density at radius 3 is 2.63 bits per heavy atom. The van der Waals surface area contributed by atoms with E-state index in [1.54, 1.807) is 12.1 Å². The van der Waals surface area contributed by atoms with Gasteiger partial charge in [-0.05, 0) is 49.2 Å². The number of morpholine rings is 1. The van der Waals surface area contributed by atoms with Gasteiger partial charge in [0.2, 0.25) is 0 Å². The molecule has 11 heteroatoms. The number of halogens is 1. The van der Waals surface area contributed by atoms with E-state index in [0.717, 1.165) is 85.7 Å². The Hall–Kier alpha value is -3.12. The van der Waals surface area contributed by atoms with Crippen molar-refractivity contribution in [1.82, 2.24) is 24.5 Å². The monoisotopic (exact) mass is 537 g/mol. The highest BCUT2D eigenvalue weighted by Gasteiger charge is 2.30. The summed E-state index contributed by atoms with van der Waals surface area (Å²) in [5.41, 5.74) is 3.14.